The molecule has 5 heteroatoms. The second-order valence-electron chi connectivity index (χ2n) is 3.19. The largest absolute Gasteiger partial charge is 0.317 e. The number of likely N-dealkylation sites (N-methyl/N-ethyl adjacent to an activating group) is 1. The van der Waals surface area contributed by atoms with E-state index in [4.69, 9.17) is 0 Å². The molecule has 0 unspecified atom stereocenters. The zero-order valence-electron chi connectivity index (χ0n) is 8.66. The highest BCUT2D eigenvalue weighted by Gasteiger charge is 2.05. The third kappa shape index (κ3) is 2.64. The molecular formula is C10H14N4S. The summed E-state index contributed by atoms with van der Waals surface area (Å²) in [4.78, 5) is 5.54. The molecule has 0 atom stereocenters. The van der Waals surface area contributed by atoms with Crippen molar-refractivity contribution in [1.82, 2.24) is 20.5 Å². The fourth-order valence-electron chi connectivity index (χ4n) is 1.31. The highest BCUT2D eigenvalue weighted by Crippen LogP contribution is 2.20. The van der Waals surface area contributed by atoms with E-state index in [1.54, 1.807) is 11.3 Å². The molecule has 4 nitrogen and oxygen atoms in total. The van der Waals surface area contributed by atoms with Gasteiger partial charge in [0.25, 0.3) is 0 Å². The lowest BCUT2D eigenvalue weighted by atomic mass is 10.4. The van der Waals surface area contributed by atoms with Crippen LogP contribution in [0.4, 0.5) is 0 Å². The molecule has 2 rings (SSSR count). The summed E-state index contributed by atoms with van der Waals surface area (Å²) in [6, 6.07) is 4.04. The summed E-state index contributed by atoms with van der Waals surface area (Å²) in [5.41, 5.74) is 0. The molecule has 0 aromatic carbocycles. The van der Waals surface area contributed by atoms with Gasteiger partial charge in [0.15, 0.2) is 5.82 Å². The van der Waals surface area contributed by atoms with Crippen molar-refractivity contribution >= 4 is 11.3 Å². The molecule has 0 aliphatic rings. The number of nitrogens with one attached hydrogen (secondary N) is 2. The first-order chi connectivity index (χ1) is 7.40. The molecule has 0 fully saturated rings. The van der Waals surface area contributed by atoms with E-state index < -0.39 is 0 Å². The summed E-state index contributed by atoms with van der Waals surface area (Å²) < 4.78 is 0. The molecule has 2 aromatic rings. The number of hydrogen-bond acceptors (Lipinski definition) is 4. The first-order valence-corrected chi connectivity index (χ1v) is 5.94. The topological polar surface area (TPSA) is 53.6 Å². The minimum Gasteiger partial charge on any atom is -0.317 e. The van der Waals surface area contributed by atoms with Crippen LogP contribution in [0.3, 0.4) is 0 Å². The van der Waals surface area contributed by atoms with Crippen LogP contribution in [0.15, 0.2) is 17.5 Å². The van der Waals surface area contributed by atoms with Crippen LogP contribution in [0.5, 0.6) is 0 Å². The van der Waals surface area contributed by atoms with Crippen LogP contribution in [0, 0.1) is 0 Å². The number of H-pyrrole nitrogens is 1. The molecule has 0 bridgehead atoms. The van der Waals surface area contributed by atoms with E-state index in [9.17, 15) is 0 Å². The van der Waals surface area contributed by atoms with E-state index in [-0.39, 0.29) is 0 Å². The molecule has 0 amide bonds. The molecule has 0 spiro atoms. The fourth-order valence-corrected chi connectivity index (χ4v) is 1.96. The van der Waals surface area contributed by atoms with Gasteiger partial charge in [-0.05, 0) is 18.0 Å². The lowest BCUT2D eigenvalue weighted by Crippen LogP contribution is -2.16. The van der Waals surface area contributed by atoms with Crippen LogP contribution in [0.2, 0.25) is 0 Å². The Kier molecular flexibility index (Phi) is 3.47. The number of hydrogen-bond donors (Lipinski definition) is 2. The quantitative estimate of drug-likeness (QED) is 0.757. The van der Waals surface area contributed by atoms with Gasteiger partial charge in [-0.2, -0.15) is 5.10 Å². The average Bonchev–Trinajstić information content (AvgIpc) is 2.87. The van der Waals surface area contributed by atoms with Crippen LogP contribution in [0.1, 0.15) is 12.7 Å². The Balaban J connectivity index is 1.98. The fraction of sp³-hybridized carbons (Fsp3) is 0.400. The average molecular weight is 222 g/mol. The molecule has 0 saturated heterocycles. The van der Waals surface area contributed by atoms with Crippen molar-refractivity contribution in [1.29, 1.82) is 0 Å². The van der Waals surface area contributed by atoms with Crippen LogP contribution in [-0.4, -0.2) is 28.3 Å². The SMILES string of the molecule is CCNCCc1nc(-c2cccs2)n[nH]1. The minimum absolute atomic E-state index is 0.802. The molecule has 80 valence electrons. The van der Waals surface area contributed by atoms with E-state index in [2.05, 4.69) is 27.4 Å². The maximum atomic E-state index is 4.43. The number of thiophene rings is 1. The lowest BCUT2D eigenvalue weighted by molar-refractivity contribution is 0.698. The van der Waals surface area contributed by atoms with E-state index in [0.29, 0.717) is 0 Å². The molecule has 15 heavy (non-hydrogen) atoms. The standard InChI is InChI=1S/C10H14N4S/c1-2-11-6-5-9-12-10(14-13-9)8-4-3-7-15-8/h3-4,7,11H,2,5-6H2,1H3,(H,12,13,14). The zero-order valence-corrected chi connectivity index (χ0v) is 9.47. The first kappa shape index (κ1) is 10.3. The van der Waals surface area contributed by atoms with Crippen molar-refractivity contribution in [3.8, 4) is 10.7 Å². The summed E-state index contributed by atoms with van der Waals surface area (Å²) in [6.45, 7) is 4.03. The molecule has 0 radical (unpaired) electrons. The van der Waals surface area contributed by atoms with E-state index in [1.165, 1.54) is 0 Å². The highest BCUT2D eigenvalue weighted by molar-refractivity contribution is 7.13. The maximum Gasteiger partial charge on any atom is 0.191 e. The molecule has 0 aliphatic carbocycles. The van der Waals surface area contributed by atoms with Crippen LogP contribution >= 0.6 is 11.3 Å². The van der Waals surface area contributed by atoms with Crippen molar-refractivity contribution in [3.05, 3.63) is 23.3 Å². The Morgan fingerprint density at radius 3 is 3.20 bits per heavy atom. The van der Waals surface area contributed by atoms with E-state index >= 15 is 0 Å². The van der Waals surface area contributed by atoms with Crippen LogP contribution < -0.4 is 5.32 Å². The second kappa shape index (κ2) is 5.04. The van der Waals surface area contributed by atoms with Crippen molar-refractivity contribution in [2.45, 2.75) is 13.3 Å². The first-order valence-electron chi connectivity index (χ1n) is 5.06. The summed E-state index contributed by atoms with van der Waals surface area (Å²) in [6.07, 6.45) is 0.895. The summed E-state index contributed by atoms with van der Waals surface area (Å²) >= 11 is 1.66. The van der Waals surface area contributed by atoms with Crippen molar-refractivity contribution in [3.63, 3.8) is 0 Å². The normalized spacial score (nSPS) is 10.7. The van der Waals surface area contributed by atoms with E-state index in [1.807, 2.05) is 17.5 Å². The summed E-state index contributed by atoms with van der Waals surface area (Å²) in [5, 5.41) is 12.4. The van der Waals surface area contributed by atoms with E-state index in [0.717, 1.165) is 36.0 Å². The number of aromatic amines is 1. The molecule has 0 aliphatic heterocycles. The highest BCUT2D eigenvalue weighted by atomic mass is 32.1. The number of nitrogens with zero attached hydrogens (tertiary/aromatic N) is 2. The monoisotopic (exact) mass is 222 g/mol. The van der Waals surface area contributed by atoms with Gasteiger partial charge in [0.05, 0.1) is 4.88 Å². The van der Waals surface area contributed by atoms with Crippen molar-refractivity contribution < 1.29 is 0 Å². The van der Waals surface area contributed by atoms with Gasteiger partial charge in [0.1, 0.15) is 5.82 Å². The predicted octanol–water partition coefficient (Wildman–Crippen LogP) is 1.69. The third-order valence-corrected chi connectivity index (χ3v) is 2.93. The van der Waals surface area contributed by atoms with Gasteiger partial charge >= 0.3 is 0 Å². The minimum atomic E-state index is 0.802. The predicted molar refractivity (Wildman–Crippen MR) is 61.9 cm³/mol. The van der Waals surface area contributed by atoms with Gasteiger partial charge in [-0.25, -0.2) is 4.98 Å². The van der Waals surface area contributed by atoms with Gasteiger partial charge in [0.2, 0.25) is 0 Å². The molecule has 2 heterocycles. The Bertz CT molecular complexity index is 393. The molecular weight excluding hydrogens is 208 g/mol. The number of aromatic nitrogens is 3. The Labute approximate surface area is 92.8 Å². The van der Waals surface area contributed by atoms with Gasteiger partial charge in [-0.1, -0.05) is 13.0 Å². The van der Waals surface area contributed by atoms with Crippen molar-refractivity contribution in [2.75, 3.05) is 13.1 Å². The second-order valence-corrected chi connectivity index (χ2v) is 4.13. The van der Waals surface area contributed by atoms with Gasteiger partial charge in [0, 0.05) is 13.0 Å². The summed E-state index contributed by atoms with van der Waals surface area (Å²) in [7, 11) is 0. The van der Waals surface area contributed by atoms with Crippen LogP contribution in [-0.2, 0) is 6.42 Å². The van der Waals surface area contributed by atoms with Gasteiger partial charge in [-0.3, -0.25) is 5.10 Å². The Morgan fingerprint density at radius 1 is 1.53 bits per heavy atom. The smallest absolute Gasteiger partial charge is 0.191 e. The van der Waals surface area contributed by atoms with Gasteiger partial charge in [-0.15, -0.1) is 11.3 Å². The van der Waals surface area contributed by atoms with Crippen LogP contribution in [0.25, 0.3) is 10.7 Å². The van der Waals surface area contributed by atoms with Gasteiger partial charge < -0.3 is 5.32 Å². The summed E-state index contributed by atoms with van der Waals surface area (Å²) in [5.74, 6) is 1.75. The Hall–Kier alpha value is -1.20. The molecule has 2 N–H and O–H groups in total. The lowest BCUT2D eigenvalue weighted by Gasteiger charge is -1.96. The zero-order chi connectivity index (χ0) is 10.5. The Morgan fingerprint density at radius 2 is 2.47 bits per heavy atom. The molecule has 0 saturated carbocycles. The third-order valence-electron chi connectivity index (χ3n) is 2.06. The maximum absolute atomic E-state index is 4.43. The molecule has 2 aromatic heterocycles. The number of rotatable bonds is 5. The van der Waals surface area contributed by atoms with Crippen molar-refractivity contribution in [2.24, 2.45) is 0 Å².